The molecule has 7 heteroatoms. The van der Waals surface area contributed by atoms with Crippen LogP contribution in [0.3, 0.4) is 0 Å². The monoisotopic (exact) mass is 372 g/mol. The Balaban J connectivity index is 1.70. The molecule has 0 aromatic heterocycles. The van der Waals surface area contributed by atoms with Gasteiger partial charge < -0.3 is 9.64 Å². The third-order valence-electron chi connectivity index (χ3n) is 5.71. The van der Waals surface area contributed by atoms with Crippen LogP contribution in [0.15, 0.2) is 0 Å². The van der Waals surface area contributed by atoms with Crippen LogP contribution in [0.2, 0.25) is 0 Å². The molecule has 3 unspecified atom stereocenters. The lowest BCUT2D eigenvalue weighted by atomic mass is 9.92. The largest absolute Gasteiger partial charge is 0.373 e. The van der Waals surface area contributed by atoms with E-state index in [0.29, 0.717) is 13.0 Å². The normalized spacial score (nSPS) is 34.1. The number of nitrogens with zero attached hydrogens (tertiary/aromatic N) is 2. The third kappa shape index (κ3) is 4.95. The summed E-state index contributed by atoms with van der Waals surface area (Å²) in [7, 11) is -2.99. The fourth-order valence-corrected chi connectivity index (χ4v) is 6.46. The summed E-state index contributed by atoms with van der Waals surface area (Å²) in [6.07, 6.45) is 6.38. The van der Waals surface area contributed by atoms with E-state index in [4.69, 9.17) is 4.74 Å². The standard InChI is InChI=1S/C18H32N2O4S/c1-14-10-19(11-15(2)24-14)12-18(21)20(16-6-4-3-5-7-16)17-8-9-25(22,23)13-17/h14-17H,3-13H2,1-2H3. The number of carbonyl (C=O) groups is 1. The van der Waals surface area contributed by atoms with Gasteiger partial charge in [-0.05, 0) is 33.1 Å². The fraction of sp³-hybridized carbons (Fsp3) is 0.944. The van der Waals surface area contributed by atoms with Gasteiger partial charge in [0.2, 0.25) is 5.91 Å². The zero-order valence-electron chi connectivity index (χ0n) is 15.5. The van der Waals surface area contributed by atoms with E-state index in [1.807, 2.05) is 18.7 Å². The smallest absolute Gasteiger partial charge is 0.237 e. The molecule has 0 N–H and O–H groups in total. The maximum Gasteiger partial charge on any atom is 0.237 e. The van der Waals surface area contributed by atoms with Gasteiger partial charge in [0.25, 0.3) is 0 Å². The van der Waals surface area contributed by atoms with Crippen LogP contribution >= 0.6 is 0 Å². The number of ether oxygens (including phenoxy) is 1. The Morgan fingerprint density at radius 1 is 1.04 bits per heavy atom. The van der Waals surface area contributed by atoms with Crippen molar-refractivity contribution < 1.29 is 17.9 Å². The van der Waals surface area contributed by atoms with E-state index in [9.17, 15) is 13.2 Å². The predicted molar refractivity (Wildman–Crippen MR) is 97.2 cm³/mol. The second-order valence-corrected chi connectivity index (χ2v) is 10.3. The highest BCUT2D eigenvalue weighted by atomic mass is 32.2. The first-order chi connectivity index (χ1) is 11.8. The second-order valence-electron chi connectivity index (χ2n) is 8.10. The molecule has 2 heterocycles. The van der Waals surface area contributed by atoms with Crippen LogP contribution in [0.25, 0.3) is 0 Å². The summed E-state index contributed by atoms with van der Waals surface area (Å²) < 4.78 is 29.7. The topological polar surface area (TPSA) is 66.9 Å². The first-order valence-electron chi connectivity index (χ1n) is 9.73. The van der Waals surface area contributed by atoms with E-state index in [-0.39, 0.29) is 41.7 Å². The molecule has 6 nitrogen and oxygen atoms in total. The minimum atomic E-state index is -2.99. The highest BCUT2D eigenvalue weighted by Gasteiger charge is 2.39. The van der Waals surface area contributed by atoms with Crippen molar-refractivity contribution in [1.29, 1.82) is 0 Å². The molecule has 0 aromatic carbocycles. The Hall–Kier alpha value is -0.660. The lowest BCUT2D eigenvalue weighted by molar-refractivity contribution is -0.141. The molecule has 3 fully saturated rings. The summed E-state index contributed by atoms with van der Waals surface area (Å²) in [4.78, 5) is 17.3. The SMILES string of the molecule is CC1CN(CC(=O)N(C2CCCCC2)C2CCS(=O)(=O)C2)CC(C)O1. The van der Waals surface area contributed by atoms with Crippen molar-refractivity contribution in [3.8, 4) is 0 Å². The van der Waals surface area contributed by atoms with Gasteiger partial charge in [-0.1, -0.05) is 19.3 Å². The van der Waals surface area contributed by atoms with Crippen LogP contribution < -0.4 is 0 Å². The highest BCUT2D eigenvalue weighted by molar-refractivity contribution is 7.91. The van der Waals surface area contributed by atoms with Gasteiger partial charge in [-0.2, -0.15) is 0 Å². The second kappa shape index (κ2) is 7.92. The van der Waals surface area contributed by atoms with Crippen molar-refractivity contribution in [2.45, 2.75) is 76.7 Å². The van der Waals surface area contributed by atoms with Gasteiger partial charge in [-0.15, -0.1) is 0 Å². The Labute approximate surface area is 151 Å². The molecule has 1 aliphatic carbocycles. The zero-order chi connectivity index (χ0) is 18.0. The predicted octanol–water partition coefficient (Wildman–Crippen LogP) is 1.44. The average molecular weight is 373 g/mol. The first kappa shape index (κ1) is 19.1. The first-order valence-corrected chi connectivity index (χ1v) is 11.6. The molecule has 0 spiro atoms. The number of sulfone groups is 1. The maximum absolute atomic E-state index is 13.2. The molecule has 3 rings (SSSR count). The van der Waals surface area contributed by atoms with Crippen molar-refractivity contribution in [2.75, 3.05) is 31.1 Å². The fourth-order valence-electron chi connectivity index (χ4n) is 4.75. The van der Waals surface area contributed by atoms with Gasteiger partial charge in [0.1, 0.15) is 0 Å². The minimum absolute atomic E-state index is 0.107. The van der Waals surface area contributed by atoms with Crippen molar-refractivity contribution in [1.82, 2.24) is 9.80 Å². The van der Waals surface area contributed by atoms with E-state index in [1.165, 1.54) is 6.42 Å². The van der Waals surface area contributed by atoms with Crippen LogP contribution in [0.5, 0.6) is 0 Å². The van der Waals surface area contributed by atoms with E-state index >= 15 is 0 Å². The van der Waals surface area contributed by atoms with Gasteiger partial charge in [0.05, 0.1) is 30.3 Å². The molecule has 0 radical (unpaired) electrons. The number of amides is 1. The van der Waals surface area contributed by atoms with Crippen molar-refractivity contribution >= 4 is 15.7 Å². The van der Waals surface area contributed by atoms with Crippen LogP contribution in [0, 0.1) is 0 Å². The molecule has 2 saturated heterocycles. The Bertz CT molecular complexity index is 564. The lowest BCUT2D eigenvalue weighted by Gasteiger charge is -2.41. The molecule has 144 valence electrons. The number of rotatable bonds is 4. The summed E-state index contributed by atoms with van der Waals surface area (Å²) in [5, 5.41) is 0. The molecule has 3 aliphatic rings. The third-order valence-corrected chi connectivity index (χ3v) is 7.46. The summed E-state index contributed by atoms with van der Waals surface area (Å²) >= 11 is 0. The molecule has 3 atom stereocenters. The van der Waals surface area contributed by atoms with Gasteiger partial charge in [-0.25, -0.2) is 8.42 Å². The van der Waals surface area contributed by atoms with Crippen molar-refractivity contribution in [3.63, 3.8) is 0 Å². The molecule has 0 aromatic rings. The lowest BCUT2D eigenvalue weighted by Crippen LogP contribution is -2.54. The molecular formula is C18H32N2O4S. The summed E-state index contributed by atoms with van der Waals surface area (Å²) in [5.41, 5.74) is 0. The zero-order valence-corrected chi connectivity index (χ0v) is 16.3. The van der Waals surface area contributed by atoms with E-state index in [1.54, 1.807) is 0 Å². The van der Waals surface area contributed by atoms with Gasteiger partial charge in [0.15, 0.2) is 9.84 Å². The number of hydrogen-bond donors (Lipinski definition) is 0. The number of morpholine rings is 1. The van der Waals surface area contributed by atoms with Crippen LogP contribution in [-0.4, -0.2) is 79.6 Å². The van der Waals surface area contributed by atoms with E-state index in [2.05, 4.69) is 4.90 Å². The van der Waals surface area contributed by atoms with Crippen molar-refractivity contribution in [3.05, 3.63) is 0 Å². The van der Waals surface area contributed by atoms with Crippen LogP contribution in [0.1, 0.15) is 52.4 Å². The maximum atomic E-state index is 13.2. The summed E-state index contributed by atoms with van der Waals surface area (Å²) in [5.74, 6) is 0.473. The molecule has 0 bridgehead atoms. The Morgan fingerprint density at radius 3 is 2.24 bits per heavy atom. The number of carbonyl (C=O) groups excluding carboxylic acids is 1. The van der Waals surface area contributed by atoms with Crippen molar-refractivity contribution in [2.24, 2.45) is 0 Å². The van der Waals surface area contributed by atoms with Gasteiger partial charge in [-0.3, -0.25) is 9.69 Å². The van der Waals surface area contributed by atoms with Crippen LogP contribution in [0.4, 0.5) is 0 Å². The minimum Gasteiger partial charge on any atom is -0.373 e. The van der Waals surface area contributed by atoms with E-state index in [0.717, 1.165) is 38.8 Å². The molecule has 25 heavy (non-hydrogen) atoms. The molecule has 1 amide bonds. The molecule has 1 saturated carbocycles. The summed E-state index contributed by atoms with van der Waals surface area (Å²) in [6.45, 7) is 5.98. The van der Waals surface area contributed by atoms with Gasteiger partial charge in [0, 0.05) is 25.2 Å². The Morgan fingerprint density at radius 2 is 1.68 bits per heavy atom. The van der Waals surface area contributed by atoms with Crippen LogP contribution in [-0.2, 0) is 19.4 Å². The van der Waals surface area contributed by atoms with Gasteiger partial charge >= 0.3 is 0 Å². The summed E-state index contributed by atoms with van der Waals surface area (Å²) in [6, 6.07) is 0.0897. The molecule has 2 aliphatic heterocycles. The average Bonchev–Trinajstić information content (AvgIpc) is 2.87. The Kier molecular flexibility index (Phi) is 6.06. The molecular weight excluding hydrogens is 340 g/mol. The highest BCUT2D eigenvalue weighted by Crippen LogP contribution is 2.28. The number of hydrogen-bond acceptors (Lipinski definition) is 5. The van der Waals surface area contributed by atoms with E-state index < -0.39 is 9.84 Å². The quantitative estimate of drug-likeness (QED) is 0.747.